The number of aryl methyl sites for hydroxylation is 2. The number of carbonyl (C=O) groups is 1. The Bertz CT molecular complexity index is 817. The van der Waals surface area contributed by atoms with Crippen molar-refractivity contribution < 1.29 is 4.79 Å². The number of nitrogens with zero attached hydrogens (tertiary/aromatic N) is 6. The molecule has 2 aliphatic heterocycles. The van der Waals surface area contributed by atoms with Crippen LogP contribution in [0.3, 0.4) is 0 Å². The Morgan fingerprint density at radius 3 is 2.75 bits per heavy atom. The molecule has 2 saturated heterocycles. The normalized spacial score (nSPS) is 23.5. The fourth-order valence-corrected chi connectivity index (χ4v) is 4.65. The smallest absolute Gasteiger partial charge is 0.222 e. The standard InChI is InChI=1S/C21H30N6O/c1-17-12-23-19(13-22-17)14-26-16-21(7-4-20(26)28)6-3-9-25(15-21)10-11-27-18(2)5-8-24-27/h5,8,12-13H,3-4,6-7,9-11,14-16H2,1-2H3. The molecule has 0 radical (unpaired) electrons. The number of amides is 1. The van der Waals surface area contributed by atoms with Crippen LogP contribution in [0.25, 0.3) is 0 Å². The first kappa shape index (κ1) is 19.1. The van der Waals surface area contributed by atoms with E-state index in [0.29, 0.717) is 13.0 Å². The van der Waals surface area contributed by atoms with E-state index < -0.39 is 0 Å². The van der Waals surface area contributed by atoms with Gasteiger partial charge in [0.2, 0.25) is 5.91 Å². The summed E-state index contributed by atoms with van der Waals surface area (Å²) in [5.41, 5.74) is 3.20. The largest absolute Gasteiger partial charge is 0.336 e. The van der Waals surface area contributed by atoms with Gasteiger partial charge in [-0.05, 0) is 45.7 Å². The van der Waals surface area contributed by atoms with Crippen molar-refractivity contribution in [1.82, 2.24) is 29.5 Å². The minimum absolute atomic E-state index is 0.212. The summed E-state index contributed by atoms with van der Waals surface area (Å²) in [5, 5.41) is 4.40. The summed E-state index contributed by atoms with van der Waals surface area (Å²) in [6.07, 6.45) is 9.48. The second kappa shape index (κ2) is 7.99. The molecule has 4 rings (SSSR count). The molecule has 0 N–H and O–H groups in total. The first-order valence-corrected chi connectivity index (χ1v) is 10.3. The molecule has 1 unspecified atom stereocenters. The van der Waals surface area contributed by atoms with Crippen LogP contribution in [0.5, 0.6) is 0 Å². The van der Waals surface area contributed by atoms with E-state index >= 15 is 0 Å². The van der Waals surface area contributed by atoms with Gasteiger partial charge in [-0.1, -0.05) is 0 Å². The predicted octanol–water partition coefficient (Wildman–Crippen LogP) is 2.19. The zero-order valence-electron chi connectivity index (χ0n) is 17.0. The maximum atomic E-state index is 12.5. The topological polar surface area (TPSA) is 67.2 Å². The van der Waals surface area contributed by atoms with Gasteiger partial charge in [-0.3, -0.25) is 19.4 Å². The van der Waals surface area contributed by atoms with Crippen LogP contribution in [0.4, 0.5) is 0 Å². The molecule has 28 heavy (non-hydrogen) atoms. The van der Waals surface area contributed by atoms with Gasteiger partial charge in [-0.15, -0.1) is 0 Å². The van der Waals surface area contributed by atoms with E-state index in [0.717, 1.165) is 50.5 Å². The van der Waals surface area contributed by atoms with Crippen molar-refractivity contribution in [1.29, 1.82) is 0 Å². The molecule has 1 amide bonds. The fourth-order valence-electron chi connectivity index (χ4n) is 4.65. The lowest BCUT2D eigenvalue weighted by molar-refractivity contribution is -0.140. The van der Waals surface area contributed by atoms with Crippen molar-refractivity contribution in [2.24, 2.45) is 5.41 Å². The number of hydrogen-bond acceptors (Lipinski definition) is 5. The molecule has 0 aliphatic carbocycles. The second-order valence-electron chi connectivity index (χ2n) is 8.47. The van der Waals surface area contributed by atoms with Crippen LogP contribution in [0, 0.1) is 19.3 Å². The average molecular weight is 383 g/mol. The van der Waals surface area contributed by atoms with Crippen molar-refractivity contribution in [3.05, 3.63) is 41.7 Å². The van der Waals surface area contributed by atoms with Crippen LogP contribution >= 0.6 is 0 Å². The lowest BCUT2D eigenvalue weighted by Gasteiger charge is -2.48. The zero-order chi connectivity index (χ0) is 19.6. The highest BCUT2D eigenvalue weighted by Crippen LogP contribution is 2.39. The van der Waals surface area contributed by atoms with Crippen LogP contribution in [0.15, 0.2) is 24.7 Å². The van der Waals surface area contributed by atoms with Gasteiger partial charge in [0.05, 0.1) is 30.7 Å². The van der Waals surface area contributed by atoms with Gasteiger partial charge in [-0.2, -0.15) is 5.10 Å². The molecule has 7 heteroatoms. The number of piperidine rings is 2. The monoisotopic (exact) mass is 382 g/mol. The molecule has 0 bridgehead atoms. The van der Waals surface area contributed by atoms with Crippen LogP contribution in [0.1, 0.15) is 42.8 Å². The third kappa shape index (κ3) is 4.24. The number of carbonyl (C=O) groups excluding carboxylic acids is 1. The molecule has 0 saturated carbocycles. The van der Waals surface area contributed by atoms with Crippen LogP contribution in [-0.4, -0.2) is 61.6 Å². The summed E-state index contributed by atoms with van der Waals surface area (Å²) in [6, 6.07) is 2.05. The van der Waals surface area contributed by atoms with Crippen molar-refractivity contribution in [3.63, 3.8) is 0 Å². The van der Waals surface area contributed by atoms with Gasteiger partial charge >= 0.3 is 0 Å². The molecule has 1 atom stereocenters. The van der Waals surface area contributed by atoms with Gasteiger partial charge in [0.1, 0.15) is 0 Å². The quantitative estimate of drug-likeness (QED) is 0.793. The lowest BCUT2D eigenvalue weighted by Crippen LogP contribution is -2.54. The Labute approximate surface area is 166 Å². The summed E-state index contributed by atoms with van der Waals surface area (Å²) in [7, 11) is 0. The van der Waals surface area contributed by atoms with E-state index in [1.807, 2.05) is 18.0 Å². The summed E-state index contributed by atoms with van der Waals surface area (Å²) < 4.78 is 2.08. The van der Waals surface area contributed by atoms with Crippen molar-refractivity contribution in [2.45, 2.75) is 52.6 Å². The zero-order valence-corrected chi connectivity index (χ0v) is 17.0. The maximum Gasteiger partial charge on any atom is 0.222 e. The van der Waals surface area contributed by atoms with Gasteiger partial charge in [0.25, 0.3) is 0 Å². The van der Waals surface area contributed by atoms with Crippen molar-refractivity contribution >= 4 is 5.91 Å². The molecule has 150 valence electrons. The van der Waals surface area contributed by atoms with Gasteiger partial charge in [-0.25, -0.2) is 0 Å². The van der Waals surface area contributed by atoms with Crippen molar-refractivity contribution in [2.75, 3.05) is 26.2 Å². The third-order valence-corrected chi connectivity index (χ3v) is 6.23. The number of hydrogen-bond donors (Lipinski definition) is 0. The number of likely N-dealkylation sites (tertiary alicyclic amines) is 2. The van der Waals surface area contributed by atoms with E-state index in [1.54, 1.807) is 12.4 Å². The van der Waals surface area contributed by atoms with E-state index in [2.05, 4.69) is 37.6 Å². The second-order valence-corrected chi connectivity index (χ2v) is 8.47. The van der Waals surface area contributed by atoms with Crippen molar-refractivity contribution in [3.8, 4) is 0 Å². The lowest BCUT2D eigenvalue weighted by atomic mass is 9.73. The fraction of sp³-hybridized carbons (Fsp3) is 0.619. The Morgan fingerprint density at radius 1 is 1.11 bits per heavy atom. The van der Waals surface area contributed by atoms with Gasteiger partial charge in [0.15, 0.2) is 0 Å². The highest BCUT2D eigenvalue weighted by Gasteiger charge is 2.41. The first-order valence-electron chi connectivity index (χ1n) is 10.3. The number of aromatic nitrogens is 4. The van der Waals surface area contributed by atoms with E-state index in [9.17, 15) is 4.79 Å². The Hall–Kier alpha value is -2.28. The molecule has 2 aromatic rings. The predicted molar refractivity (Wildman–Crippen MR) is 106 cm³/mol. The average Bonchev–Trinajstić information content (AvgIpc) is 3.10. The van der Waals surface area contributed by atoms with Gasteiger partial charge in [0, 0.05) is 49.6 Å². The van der Waals surface area contributed by atoms with E-state index in [-0.39, 0.29) is 11.3 Å². The summed E-state index contributed by atoms with van der Waals surface area (Å²) in [5.74, 6) is 0.247. The molecule has 2 aliphatic rings. The SMILES string of the molecule is Cc1cnc(CN2CC3(CCCN(CCn4nccc4C)C3)CCC2=O)cn1. The van der Waals surface area contributed by atoms with Crippen LogP contribution in [-0.2, 0) is 17.9 Å². The molecule has 1 spiro atoms. The summed E-state index contributed by atoms with van der Waals surface area (Å²) in [4.78, 5) is 25.9. The van der Waals surface area contributed by atoms with Crippen LogP contribution in [0.2, 0.25) is 0 Å². The summed E-state index contributed by atoms with van der Waals surface area (Å²) >= 11 is 0. The van der Waals surface area contributed by atoms with E-state index in [4.69, 9.17) is 0 Å². The molecular formula is C21H30N6O. The highest BCUT2D eigenvalue weighted by molar-refractivity contribution is 5.77. The highest BCUT2D eigenvalue weighted by atomic mass is 16.2. The first-order chi connectivity index (χ1) is 13.5. The third-order valence-electron chi connectivity index (χ3n) is 6.23. The molecule has 4 heterocycles. The molecule has 7 nitrogen and oxygen atoms in total. The molecule has 2 fully saturated rings. The Balaban J connectivity index is 1.39. The minimum Gasteiger partial charge on any atom is -0.336 e. The molecular weight excluding hydrogens is 352 g/mol. The molecule has 2 aromatic heterocycles. The Kier molecular flexibility index (Phi) is 5.44. The minimum atomic E-state index is 0.212. The Morgan fingerprint density at radius 2 is 2.00 bits per heavy atom. The van der Waals surface area contributed by atoms with E-state index in [1.165, 1.54) is 18.5 Å². The van der Waals surface area contributed by atoms with Crippen LogP contribution < -0.4 is 0 Å². The maximum absolute atomic E-state index is 12.5. The molecule has 0 aromatic carbocycles. The number of rotatable bonds is 5. The summed E-state index contributed by atoms with van der Waals surface area (Å²) in [6.45, 7) is 9.58. The van der Waals surface area contributed by atoms with Gasteiger partial charge < -0.3 is 9.80 Å².